The summed E-state index contributed by atoms with van der Waals surface area (Å²) in [7, 11) is 0. The van der Waals surface area contributed by atoms with Crippen LogP contribution in [0, 0.1) is 0 Å². The Hall–Kier alpha value is -0.210. The number of alkyl halides is 1. The van der Waals surface area contributed by atoms with E-state index in [0.29, 0.717) is 0 Å². The van der Waals surface area contributed by atoms with Gasteiger partial charge in [0, 0.05) is 0 Å². The van der Waals surface area contributed by atoms with Crippen LogP contribution in [0.2, 0.25) is 0 Å². The van der Waals surface area contributed by atoms with Gasteiger partial charge < -0.3 is 4.42 Å². The molecule has 0 saturated carbocycles. The second kappa shape index (κ2) is 4.15. The predicted octanol–water partition coefficient (Wildman–Crippen LogP) is 4.07. The molecule has 0 radical (unpaired) electrons. The lowest BCUT2D eigenvalue weighted by Gasteiger charge is -2.00. The van der Waals surface area contributed by atoms with Crippen molar-refractivity contribution in [3.05, 3.63) is 28.1 Å². The van der Waals surface area contributed by atoms with Gasteiger partial charge in [0.1, 0.15) is 5.76 Å². The molecule has 0 saturated heterocycles. The lowest BCUT2D eigenvalue weighted by atomic mass is 10.2. The summed E-state index contributed by atoms with van der Waals surface area (Å²) in [6.45, 7) is 3.92. The maximum absolute atomic E-state index is 5.86. The summed E-state index contributed by atoms with van der Waals surface area (Å²) in [5.41, 5.74) is 1.10. The van der Waals surface area contributed by atoms with Crippen LogP contribution in [0.4, 0.5) is 0 Å². The molecule has 0 spiro atoms. The molecule has 1 heterocycles. The lowest BCUT2D eigenvalue weighted by molar-refractivity contribution is 0.531. The summed E-state index contributed by atoms with van der Waals surface area (Å²) >= 11 is 9.09. The van der Waals surface area contributed by atoms with E-state index in [0.717, 1.165) is 16.0 Å². The molecule has 0 aliphatic heterocycles. The third-order valence-corrected chi connectivity index (χ3v) is 2.36. The molecule has 1 aromatic heterocycles. The topological polar surface area (TPSA) is 13.1 Å². The molecule has 66 valence electrons. The number of furan rings is 1. The fourth-order valence-corrected chi connectivity index (χ4v) is 1.13. The molecule has 1 nitrogen and oxygen atoms in total. The summed E-state index contributed by atoms with van der Waals surface area (Å²) < 4.78 is 6.03. The van der Waals surface area contributed by atoms with Crippen LogP contribution >= 0.6 is 27.5 Å². The van der Waals surface area contributed by atoms with Crippen molar-refractivity contribution in [1.29, 1.82) is 0 Å². The molecule has 12 heavy (non-hydrogen) atoms. The maximum Gasteiger partial charge on any atom is 0.169 e. The third kappa shape index (κ3) is 2.68. The highest BCUT2D eigenvalue weighted by atomic mass is 79.9. The Balaban J connectivity index is 2.80. The number of halogens is 2. The van der Waals surface area contributed by atoms with Crippen LogP contribution in [0.1, 0.15) is 19.6 Å². The minimum absolute atomic E-state index is 0.0499. The first kappa shape index (κ1) is 9.87. The van der Waals surface area contributed by atoms with E-state index in [1.54, 1.807) is 0 Å². The van der Waals surface area contributed by atoms with Crippen LogP contribution in [-0.4, -0.2) is 5.38 Å². The average molecular weight is 250 g/mol. The SMILES string of the molecule is C/C(=C\c1ccc(Br)o1)C(C)Cl. The van der Waals surface area contributed by atoms with Gasteiger partial charge in [-0.25, -0.2) is 0 Å². The van der Waals surface area contributed by atoms with Gasteiger partial charge in [0.15, 0.2) is 4.67 Å². The largest absolute Gasteiger partial charge is 0.450 e. The third-order valence-electron chi connectivity index (χ3n) is 1.59. The zero-order chi connectivity index (χ0) is 9.14. The quantitative estimate of drug-likeness (QED) is 0.720. The molecule has 0 aliphatic carbocycles. The monoisotopic (exact) mass is 248 g/mol. The standard InChI is InChI=1S/C9H10BrClO/c1-6(7(2)11)5-8-3-4-9(10)12-8/h3-5,7H,1-2H3/b6-5+. The Kier molecular flexibility index (Phi) is 3.41. The smallest absolute Gasteiger partial charge is 0.169 e. The van der Waals surface area contributed by atoms with E-state index in [9.17, 15) is 0 Å². The van der Waals surface area contributed by atoms with Crippen LogP contribution in [0.15, 0.2) is 26.8 Å². The van der Waals surface area contributed by atoms with E-state index in [-0.39, 0.29) is 5.38 Å². The highest BCUT2D eigenvalue weighted by Crippen LogP contribution is 2.18. The van der Waals surface area contributed by atoms with Crippen molar-refractivity contribution >= 4 is 33.6 Å². The number of allylic oxidation sites excluding steroid dienone is 1. The van der Waals surface area contributed by atoms with Crippen LogP contribution in [0.25, 0.3) is 6.08 Å². The van der Waals surface area contributed by atoms with Crippen LogP contribution in [0.5, 0.6) is 0 Å². The summed E-state index contributed by atoms with van der Waals surface area (Å²) in [5, 5.41) is 0.0499. The number of rotatable bonds is 2. The molecular weight excluding hydrogens is 239 g/mol. The van der Waals surface area contributed by atoms with Crippen molar-refractivity contribution in [2.45, 2.75) is 19.2 Å². The Morgan fingerprint density at radius 1 is 1.67 bits per heavy atom. The molecule has 0 fully saturated rings. The Labute approximate surface area is 85.5 Å². The number of hydrogen-bond donors (Lipinski definition) is 0. The highest BCUT2D eigenvalue weighted by Gasteiger charge is 2.00. The zero-order valence-corrected chi connectivity index (χ0v) is 9.32. The Bertz CT molecular complexity index is 288. The molecule has 1 atom stereocenters. The van der Waals surface area contributed by atoms with Gasteiger partial charge >= 0.3 is 0 Å². The average Bonchev–Trinajstić information content (AvgIpc) is 2.35. The van der Waals surface area contributed by atoms with Gasteiger partial charge in [0.25, 0.3) is 0 Å². The number of hydrogen-bond acceptors (Lipinski definition) is 1. The van der Waals surface area contributed by atoms with Crippen LogP contribution in [0.3, 0.4) is 0 Å². The van der Waals surface area contributed by atoms with E-state index in [2.05, 4.69) is 15.9 Å². The van der Waals surface area contributed by atoms with Crippen molar-refractivity contribution in [2.75, 3.05) is 0 Å². The van der Waals surface area contributed by atoms with Gasteiger partial charge in [-0.3, -0.25) is 0 Å². The van der Waals surface area contributed by atoms with Crippen LogP contribution in [-0.2, 0) is 0 Å². The van der Waals surface area contributed by atoms with Gasteiger partial charge in [-0.05, 0) is 48.0 Å². The lowest BCUT2D eigenvalue weighted by Crippen LogP contribution is -1.90. The van der Waals surface area contributed by atoms with Gasteiger partial charge in [-0.15, -0.1) is 11.6 Å². The Morgan fingerprint density at radius 3 is 2.75 bits per heavy atom. The fourth-order valence-electron chi connectivity index (χ4n) is 0.745. The highest BCUT2D eigenvalue weighted by molar-refractivity contribution is 9.10. The van der Waals surface area contributed by atoms with Gasteiger partial charge in [0.05, 0.1) is 5.38 Å². The molecule has 0 aromatic carbocycles. The summed E-state index contributed by atoms with van der Waals surface area (Å²) in [5.74, 6) is 0.826. The summed E-state index contributed by atoms with van der Waals surface area (Å²) in [4.78, 5) is 0. The fraction of sp³-hybridized carbons (Fsp3) is 0.333. The van der Waals surface area contributed by atoms with E-state index in [4.69, 9.17) is 16.0 Å². The van der Waals surface area contributed by atoms with E-state index in [1.807, 2.05) is 32.1 Å². The molecule has 0 bridgehead atoms. The Morgan fingerprint density at radius 2 is 2.33 bits per heavy atom. The first-order valence-electron chi connectivity index (χ1n) is 3.67. The zero-order valence-electron chi connectivity index (χ0n) is 6.97. The van der Waals surface area contributed by atoms with Crippen molar-refractivity contribution in [3.63, 3.8) is 0 Å². The molecule has 1 rings (SSSR count). The minimum Gasteiger partial charge on any atom is -0.450 e. The molecule has 0 N–H and O–H groups in total. The van der Waals surface area contributed by atoms with Crippen molar-refractivity contribution < 1.29 is 4.42 Å². The first-order valence-corrected chi connectivity index (χ1v) is 4.90. The van der Waals surface area contributed by atoms with Crippen molar-refractivity contribution in [3.8, 4) is 0 Å². The molecule has 1 unspecified atom stereocenters. The predicted molar refractivity (Wildman–Crippen MR) is 55.4 cm³/mol. The van der Waals surface area contributed by atoms with E-state index in [1.165, 1.54) is 0 Å². The van der Waals surface area contributed by atoms with Gasteiger partial charge in [0.2, 0.25) is 0 Å². The minimum atomic E-state index is 0.0499. The van der Waals surface area contributed by atoms with Crippen LogP contribution < -0.4 is 0 Å². The van der Waals surface area contributed by atoms with Crippen molar-refractivity contribution in [1.82, 2.24) is 0 Å². The molecule has 0 amide bonds. The normalized spacial score (nSPS) is 14.8. The second-order valence-corrected chi connectivity index (χ2v) is 4.08. The molecular formula is C9H10BrClO. The molecule has 1 aromatic rings. The van der Waals surface area contributed by atoms with Gasteiger partial charge in [-0.1, -0.05) is 5.57 Å². The first-order chi connectivity index (χ1) is 5.59. The maximum atomic E-state index is 5.86. The summed E-state index contributed by atoms with van der Waals surface area (Å²) in [6.07, 6.45) is 1.93. The summed E-state index contributed by atoms with van der Waals surface area (Å²) in [6, 6.07) is 3.75. The van der Waals surface area contributed by atoms with Gasteiger partial charge in [-0.2, -0.15) is 0 Å². The second-order valence-electron chi connectivity index (χ2n) is 2.65. The molecule has 3 heteroatoms. The van der Waals surface area contributed by atoms with E-state index < -0.39 is 0 Å². The van der Waals surface area contributed by atoms with E-state index >= 15 is 0 Å². The van der Waals surface area contributed by atoms with Crippen molar-refractivity contribution in [2.24, 2.45) is 0 Å². The molecule has 0 aliphatic rings.